The average Bonchev–Trinajstić information content (AvgIpc) is 3.04. The largest absolute Gasteiger partial charge is 0.340 e. The Hall–Kier alpha value is -1.95. The molecule has 6 heteroatoms. The molecule has 0 unspecified atom stereocenters. The molecule has 3 aromatic rings. The minimum Gasteiger partial charge on any atom is -0.340 e. The first-order valence-electron chi connectivity index (χ1n) is 8.68. The SMILES string of the molecule is Cc1ccc(C(=O)N(CCC[NH+](C)C)c2nc3c(Cl)cccc3s2)cc1. The number of para-hydroxylation sites is 1. The maximum absolute atomic E-state index is 13.1. The van der Waals surface area contributed by atoms with E-state index in [1.54, 1.807) is 4.90 Å². The van der Waals surface area contributed by atoms with Crippen LogP contribution in [-0.4, -0.2) is 38.1 Å². The van der Waals surface area contributed by atoms with Crippen LogP contribution in [0.1, 0.15) is 22.3 Å². The molecule has 3 rings (SSSR count). The van der Waals surface area contributed by atoms with Crippen molar-refractivity contribution in [2.75, 3.05) is 32.1 Å². The van der Waals surface area contributed by atoms with Crippen molar-refractivity contribution in [3.63, 3.8) is 0 Å². The summed E-state index contributed by atoms with van der Waals surface area (Å²) in [5.41, 5.74) is 2.57. The van der Waals surface area contributed by atoms with Gasteiger partial charge in [-0.15, -0.1) is 0 Å². The van der Waals surface area contributed by atoms with Gasteiger partial charge in [-0.3, -0.25) is 9.69 Å². The van der Waals surface area contributed by atoms with E-state index >= 15 is 0 Å². The molecule has 1 heterocycles. The van der Waals surface area contributed by atoms with Crippen molar-refractivity contribution >= 4 is 44.2 Å². The van der Waals surface area contributed by atoms with Gasteiger partial charge in [-0.2, -0.15) is 0 Å². The summed E-state index contributed by atoms with van der Waals surface area (Å²) in [7, 11) is 4.23. The summed E-state index contributed by atoms with van der Waals surface area (Å²) < 4.78 is 0.993. The molecule has 0 radical (unpaired) electrons. The van der Waals surface area contributed by atoms with E-state index in [2.05, 4.69) is 19.1 Å². The van der Waals surface area contributed by atoms with E-state index in [0.29, 0.717) is 22.3 Å². The van der Waals surface area contributed by atoms with Crippen LogP contribution in [0, 0.1) is 6.92 Å². The fourth-order valence-electron chi connectivity index (χ4n) is 2.75. The van der Waals surface area contributed by atoms with Crippen LogP contribution in [0.2, 0.25) is 5.02 Å². The Kier molecular flexibility index (Phi) is 5.91. The zero-order valence-corrected chi connectivity index (χ0v) is 16.8. The molecule has 0 aliphatic rings. The Morgan fingerprint density at radius 3 is 2.58 bits per heavy atom. The number of carbonyl (C=O) groups excluding carboxylic acids is 1. The van der Waals surface area contributed by atoms with Crippen molar-refractivity contribution in [3.05, 3.63) is 58.6 Å². The van der Waals surface area contributed by atoms with Crippen LogP contribution in [0.4, 0.5) is 5.13 Å². The molecule has 0 saturated heterocycles. The molecule has 26 heavy (non-hydrogen) atoms. The number of amides is 1. The summed E-state index contributed by atoms with van der Waals surface area (Å²) in [6.45, 7) is 3.64. The number of carbonyl (C=O) groups is 1. The molecule has 136 valence electrons. The monoisotopic (exact) mass is 388 g/mol. The number of hydrogen-bond donors (Lipinski definition) is 1. The van der Waals surface area contributed by atoms with E-state index in [1.165, 1.54) is 16.2 Å². The molecule has 0 spiro atoms. The maximum Gasteiger partial charge on any atom is 0.260 e. The Labute approximate surface area is 163 Å². The van der Waals surface area contributed by atoms with Gasteiger partial charge in [0.2, 0.25) is 0 Å². The molecule has 4 nitrogen and oxygen atoms in total. The number of aryl methyl sites for hydroxylation is 1. The quantitative estimate of drug-likeness (QED) is 0.702. The topological polar surface area (TPSA) is 37.6 Å². The second-order valence-corrected chi connectivity index (χ2v) is 8.13. The van der Waals surface area contributed by atoms with E-state index in [0.717, 1.165) is 28.7 Å². The summed E-state index contributed by atoms with van der Waals surface area (Å²) in [5, 5.41) is 1.32. The number of aromatic nitrogens is 1. The van der Waals surface area contributed by atoms with E-state index in [1.807, 2.05) is 49.4 Å². The highest BCUT2D eigenvalue weighted by Crippen LogP contribution is 2.33. The van der Waals surface area contributed by atoms with Gasteiger partial charge in [0, 0.05) is 18.5 Å². The van der Waals surface area contributed by atoms with Gasteiger partial charge >= 0.3 is 0 Å². The fourth-order valence-corrected chi connectivity index (χ4v) is 4.04. The van der Waals surface area contributed by atoms with Gasteiger partial charge in [0.25, 0.3) is 5.91 Å². The lowest BCUT2D eigenvalue weighted by molar-refractivity contribution is -0.858. The highest BCUT2D eigenvalue weighted by Gasteiger charge is 2.22. The predicted octanol–water partition coefficient (Wildman–Crippen LogP) is 3.44. The van der Waals surface area contributed by atoms with Gasteiger partial charge in [-0.05, 0) is 31.2 Å². The standard InChI is InChI=1S/C20H22ClN3OS/c1-14-8-10-15(11-9-14)19(25)24(13-5-12-23(2)3)20-22-18-16(21)6-4-7-17(18)26-20/h4,6-11H,5,12-13H2,1-3H3/p+1. The summed E-state index contributed by atoms with van der Waals surface area (Å²) in [4.78, 5) is 21.0. The summed E-state index contributed by atoms with van der Waals surface area (Å²) in [6, 6.07) is 13.4. The number of anilines is 1. The first-order valence-corrected chi connectivity index (χ1v) is 9.88. The van der Waals surface area contributed by atoms with Crippen LogP contribution < -0.4 is 9.80 Å². The number of fused-ring (bicyclic) bond motifs is 1. The number of nitrogens with zero attached hydrogens (tertiary/aromatic N) is 2. The van der Waals surface area contributed by atoms with Gasteiger partial charge < -0.3 is 4.90 Å². The molecule has 1 amide bonds. The number of benzene rings is 2. The molecule has 1 N–H and O–H groups in total. The molecular weight excluding hydrogens is 366 g/mol. The first kappa shape index (κ1) is 18.8. The first-order chi connectivity index (χ1) is 12.5. The van der Waals surface area contributed by atoms with Gasteiger partial charge in [-0.1, -0.05) is 46.7 Å². The summed E-state index contributed by atoms with van der Waals surface area (Å²) in [5.74, 6) is -0.0195. The van der Waals surface area contributed by atoms with Crippen LogP contribution in [0.25, 0.3) is 10.2 Å². The smallest absolute Gasteiger partial charge is 0.260 e. The molecule has 0 atom stereocenters. The minimum atomic E-state index is -0.0195. The van der Waals surface area contributed by atoms with Crippen molar-refractivity contribution in [1.29, 1.82) is 0 Å². The number of thiazole rings is 1. The van der Waals surface area contributed by atoms with Crippen molar-refractivity contribution < 1.29 is 9.69 Å². The number of halogens is 1. The van der Waals surface area contributed by atoms with E-state index in [9.17, 15) is 4.79 Å². The second-order valence-electron chi connectivity index (χ2n) is 6.72. The third-order valence-corrected chi connectivity index (χ3v) is 5.54. The number of nitrogens with one attached hydrogen (secondary N) is 1. The Bertz CT molecular complexity index is 905. The van der Waals surface area contributed by atoms with Crippen LogP contribution in [0.3, 0.4) is 0 Å². The number of hydrogen-bond acceptors (Lipinski definition) is 3. The van der Waals surface area contributed by atoms with Crippen LogP contribution in [0.5, 0.6) is 0 Å². The van der Waals surface area contributed by atoms with Crippen molar-refractivity contribution in [2.24, 2.45) is 0 Å². The second kappa shape index (κ2) is 8.16. The van der Waals surface area contributed by atoms with Crippen molar-refractivity contribution in [3.8, 4) is 0 Å². The lowest BCUT2D eigenvalue weighted by Crippen LogP contribution is -3.05. The van der Waals surface area contributed by atoms with Crippen LogP contribution in [-0.2, 0) is 0 Å². The molecule has 0 fully saturated rings. The molecule has 0 aliphatic carbocycles. The summed E-state index contributed by atoms with van der Waals surface area (Å²) in [6.07, 6.45) is 0.906. The zero-order valence-electron chi connectivity index (χ0n) is 15.3. The van der Waals surface area contributed by atoms with Gasteiger partial charge in [0.15, 0.2) is 5.13 Å². The van der Waals surface area contributed by atoms with Gasteiger partial charge in [0.1, 0.15) is 5.52 Å². The molecule has 0 saturated carbocycles. The molecule has 2 aromatic carbocycles. The van der Waals surface area contributed by atoms with E-state index < -0.39 is 0 Å². The predicted molar refractivity (Wildman–Crippen MR) is 110 cm³/mol. The number of quaternary nitrogens is 1. The third kappa shape index (κ3) is 4.23. The van der Waals surface area contributed by atoms with E-state index in [4.69, 9.17) is 11.6 Å². The van der Waals surface area contributed by atoms with Crippen LogP contribution >= 0.6 is 22.9 Å². The summed E-state index contributed by atoms with van der Waals surface area (Å²) >= 11 is 7.78. The number of rotatable bonds is 6. The molecule has 0 bridgehead atoms. The van der Waals surface area contributed by atoms with Gasteiger partial charge in [-0.25, -0.2) is 4.98 Å². The normalized spacial score (nSPS) is 11.3. The Morgan fingerprint density at radius 2 is 1.92 bits per heavy atom. The lowest BCUT2D eigenvalue weighted by atomic mass is 10.1. The Balaban J connectivity index is 1.94. The highest BCUT2D eigenvalue weighted by atomic mass is 35.5. The maximum atomic E-state index is 13.1. The highest BCUT2D eigenvalue weighted by molar-refractivity contribution is 7.22. The van der Waals surface area contributed by atoms with Gasteiger partial charge in [0.05, 0.1) is 30.4 Å². The third-order valence-electron chi connectivity index (χ3n) is 4.19. The zero-order chi connectivity index (χ0) is 18.7. The molecule has 0 aliphatic heterocycles. The van der Waals surface area contributed by atoms with E-state index in [-0.39, 0.29) is 5.91 Å². The molecule has 1 aromatic heterocycles. The fraction of sp³-hybridized carbons (Fsp3) is 0.300. The van der Waals surface area contributed by atoms with Crippen LogP contribution in [0.15, 0.2) is 42.5 Å². The average molecular weight is 389 g/mol. The van der Waals surface area contributed by atoms with Crippen molar-refractivity contribution in [1.82, 2.24) is 4.98 Å². The molecular formula is C20H23ClN3OS+. The minimum absolute atomic E-state index is 0.0195. The Morgan fingerprint density at radius 1 is 1.19 bits per heavy atom. The lowest BCUT2D eigenvalue weighted by Gasteiger charge is -2.20. The van der Waals surface area contributed by atoms with Crippen molar-refractivity contribution in [2.45, 2.75) is 13.3 Å².